The Labute approximate surface area is 142 Å². The van der Waals surface area contributed by atoms with E-state index < -0.39 is 0 Å². The summed E-state index contributed by atoms with van der Waals surface area (Å²) in [7, 11) is 0. The zero-order valence-electron chi connectivity index (χ0n) is 13.9. The van der Waals surface area contributed by atoms with Crippen molar-refractivity contribution in [1.29, 1.82) is 0 Å². The fraction of sp³-hybridized carbons (Fsp3) is 0.368. The number of pyridine rings is 1. The zero-order chi connectivity index (χ0) is 16.8. The summed E-state index contributed by atoms with van der Waals surface area (Å²) in [6, 6.07) is 11.0. The van der Waals surface area contributed by atoms with Crippen molar-refractivity contribution in [2.24, 2.45) is 0 Å². The number of hydrogen-bond donors (Lipinski definition) is 2. The van der Waals surface area contributed by atoms with Crippen LogP contribution in [0, 0.1) is 0 Å². The van der Waals surface area contributed by atoms with Crippen LogP contribution in [0.5, 0.6) is 0 Å². The maximum absolute atomic E-state index is 12.1. The molecule has 5 nitrogen and oxygen atoms in total. The molecule has 0 aliphatic carbocycles. The molecule has 3 N–H and O–H groups in total. The van der Waals surface area contributed by atoms with Crippen molar-refractivity contribution in [3.05, 3.63) is 53.7 Å². The van der Waals surface area contributed by atoms with E-state index in [-0.39, 0.29) is 5.91 Å². The standard InChI is InChI=1S/C19H24N4O/c20-17-8-6-16(7-9-17)19(24)22-14-15-5-10-18(21-13-15)23-11-3-1-2-4-12-23/h5-10,13H,1-4,11-12,14,20H2,(H,22,24). The van der Waals surface area contributed by atoms with Crippen LogP contribution in [0.15, 0.2) is 42.6 Å². The third-order valence-corrected chi connectivity index (χ3v) is 4.37. The highest BCUT2D eigenvalue weighted by Crippen LogP contribution is 2.17. The lowest BCUT2D eigenvalue weighted by Crippen LogP contribution is -2.25. The SMILES string of the molecule is Nc1ccc(C(=O)NCc2ccc(N3CCCCCC3)nc2)cc1. The molecule has 0 saturated carbocycles. The van der Waals surface area contributed by atoms with Gasteiger partial charge in [0.05, 0.1) is 0 Å². The highest BCUT2D eigenvalue weighted by Gasteiger charge is 2.11. The summed E-state index contributed by atoms with van der Waals surface area (Å²) in [5.74, 6) is 0.928. The van der Waals surface area contributed by atoms with E-state index in [1.54, 1.807) is 24.3 Å². The highest BCUT2D eigenvalue weighted by molar-refractivity contribution is 5.94. The van der Waals surface area contributed by atoms with Crippen molar-refractivity contribution in [3.8, 4) is 0 Å². The Balaban J connectivity index is 1.56. The zero-order valence-corrected chi connectivity index (χ0v) is 13.9. The van der Waals surface area contributed by atoms with Gasteiger partial charge in [0.15, 0.2) is 0 Å². The van der Waals surface area contributed by atoms with Crippen LogP contribution in [0.4, 0.5) is 11.5 Å². The minimum Gasteiger partial charge on any atom is -0.399 e. The number of nitrogen functional groups attached to an aromatic ring is 1. The summed E-state index contributed by atoms with van der Waals surface area (Å²) >= 11 is 0. The van der Waals surface area contributed by atoms with E-state index in [4.69, 9.17) is 5.73 Å². The Morgan fingerprint density at radius 3 is 2.38 bits per heavy atom. The van der Waals surface area contributed by atoms with E-state index in [1.807, 2.05) is 12.3 Å². The van der Waals surface area contributed by atoms with Gasteiger partial charge in [-0.1, -0.05) is 18.9 Å². The Kier molecular flexibility index (Phi) is 5.31. The number of amides is 1. The molecule has 24 heavy (non-hydrogen) atoms. The second kappa shape index (κ2) is 7.81. The van der Waals surface area contributed by atoms with E-state index in [0.29, 0.717) is 17.8 Å². The minimum absolute atomic E-state index is 0.105. The van der Waals surface area contributed by atoms with Gasteiger partial charge in [-0.2, -0.15) is 0 Å². The molecule has 0 bridgehead atoms. The molecule has 1 aromatic heterocycles. The molecular weight excluding hydrogens is 300 g/mol. The van der Waals surface area contributed by atoms with Crippen LogP contribution in [-0.4, -0.2) is 24.0 Å². The van der Waals surface area contributed by atoms with Crippen molar-refractivity contribution in [3.63, 3.8) is 0 Å². The smallest absolute Gasteiger partial charge is 0.251 e. The number of nitrogens with two attached hydrogens (primary N) is 1. The molecule has 3 rings (SSSR count). The Morgan fingerprint density at radius 1 is 1.04 bits per heavy atom. The first-order chi connectivity index (χ1) is 11.7. The van der Waals surface area contributed by atoms with Gasteiger partial charge in [0.2, 0.25) is 0 Å². The third-order valence-electron chi connectivity index (χ3n) is 4.37. The highest BCUT2D eigenvalue weighted by atomic mass is 16.1. The Hall–Kier alpha value is -2.56. The molecule has 1 fully saturated rings. The van der Waals surface area contributed by atoms with Gasteiger partial charge < -0.3 is 16.0 Å². The van der Waals surface area contributed by atoms with Crippen molar-refractivity contribution < 1.29 is 4.79 Å². The summed E-state index contributed by atoms with van der Waals surface area (Å²) in [5, 5.41) is 2.91. The monoisotopic (exact) mass is 324 g/mol. The summed E-state index contributed by atoms with van der Waals surface area (Å²) in [6.07, 6.45) is 6.95. The molecule has 0 radical (unpaired) electrons. The second-order valence-electron chi connectivity index (χ2n) is 6.23. The van der Waals surface area contributed by atoms with Crippen molar-refractivity contribution >= 4 is 17.4 Å². The largest absolute Gasteiger partial charge is 0.399 e. The lowest BCUT2D eigenvalue weighted by Gasteiger charge is -2.21. The number of nitrogens with one attached hydrogen (secondary N) is 1. The van der Waals surface area contributed by atoms with Gasteiger partial charge in [-0.3, -0.25) is 4.79 Å². The molecular formula is C19H24N4O. The quantitative estimate of drug-likeness (QED) is 0.848. The first-order valence-corrected chi connectivity index (χ1v) is 8.56. The van der Waals surface area contributed by atoms with Crippen LogP contribution >= 0.6 is 0 Å². The summed E-state index contributed by atoms with van der Waals surface area (Å²) in [6.45, 7) is 2.64. The van der Waals surface area contributed by atoms with E-state index in [1.165, 1.54) is 25.7 Å². The predicted octanol–water partition coefficient (Wildman–Crippen LogP) is 2.97. The van der Waals surface area contributed by atoms with Crippen molar-refractivity contribution in [2.75, 3.05) is 23.7 Å². The normalized spacial score (nSPS) is 14.9. The maximum Gasteiger partial charge on any atom is 0.251 e. The van der Waals surface area contributed by atoms with Gasteiger partial charge in [0.1, 0.15) is 5.82 Å². The summed E-state index contributed by atoms with van der Waals surface area (Å²) in [5.41, 5.74) is 7.89. The molecule has 0 atom stereocenters. The molecule has 2 aromatic rings. The minimum atomic E-state index is -0.105. The van der Waals surface area contributed by atoms with E-state index in [9.17, 15) is 4.79 Å². The van der Waals surface area contributed by atoms with Crippen LogP contribution in [0.25, 0.3) is 0 Å². The molecule has 5 heteroatoms. The first-order valence-electron chi connectivity index (χ1n) is 8.56. The average molecular weight is 324 g/mol. The lowest BCUT2D eigenvalue weighted by atomic mass is 10.2. The molecule has 126 valence electrons. The van der Waals surface area contributed by atoms with E-state index >= 15 is 0 Å². The number of benzene rings is 1. The molecule has 1 aromatic carbocycles. The second-order valence-corrected chi connectivity index (χ2v) is 6.23. The number of anilines is 2. The van der Waals surface area contributed by atoms with Gasteiger partial charge >= 0.3 is 0 Å². The van der Waals surface area contributed by atoms with Crippen LogP contribution in [0.1, 0.15) is 41.6 Å². The van der Waals surface area contributed by atoms with E-state index in [2.05, 4.69) is 21.3 Å². The number of hydrogen-bond acceptors (Lipinski definition) is 4. The first kappa shape index (κ1) is 16.3. The molecule has 0 spiro atoms. The number of nitrogens with zero attached hydrogens (tertiary/aromatic N) is 2. The van der Waals surface area contributed by atoms with Crippen LogP contribution in [0.2, 0.25) is 0 Å². The number of rotatable bonds is 4. The average Bonchev–Trinajstić information content (AvgIpc) is 2.90. The summed E-state index contributed by atoms with van der Waals surface area (Å²) in [4.78, 5) is 19.0. The van der Waals surface area contributed by atoms with Gasteiger partial charge in [-0.15, -0.1) is 0 Å². The molecule has 1 saturated heterocycles. The van der Waals surface area contributed by atoms with Gasteiger partial charge in [-0.05, 0) is 48.7 Å². The lowest BCUT2D eigenvalue weighted by molar-refractivity contribution is 0.0951. The Bertz CT molecular complexity index is 659. The number of carbonyl (C=O) groups is 1. The number of carbonyl (C=O) groups excluding carboxylic acids is 1. The van der Waals surface area contributed by atoms with Crippen molar-refractivity contribution in [1.82, 2.24) is 10.3 Å². The van der Waals surface area contributed by atoms with Gasteiger partial charge in [-0.25, -0.2) is 4.98 Å². The van der Waals surface area contributed by atoms with E-state index in [0.717, 1.165) is 24.5 Å². The molecule has 1 amide bonds. The topological polar surface area (TPSA) is 71.2 Å². The molecule has 1 aliphatic rings. The van der Waals surface area contributed by atoms with Crippen molar-refractivity contribution in [2.45, 2.75) is 32.2 Å². The molecule has 1 aliphatic heterocycles. The Morgan fingerprint density at radius 2 is 1.75 bits per heavy atom. The predicted molar refractivity (Wildman–Crippen MR) is 96.9 cm³/mol. The number of aromatic nitrogens is 1. The summed E-state index contributed by atoms with van der Waals surface area (Å²) < 4.78 is 0. The van der Waals surface area contributed by atoms with Gasteiger partial charge in [0, 0.05) is 37.1 Å². The van der Waals surface area contributed by atoms with Gasteiger partial charge in [0.25, 0.3) is 5.91 Å². The van der Waals surface area contributed by atoms with Crippen LogP contribution in [-0.2, 0) is 6.54 Å². The molecule has 0 unspecified atom stereocenters. The maximum atomic E-state index is 12.1. The third kappa shape index (κ3) is 4.25. The molecule has 2 heterocycles. The fourth-order valence-corrected chi connectivity index (χ4v) is 2.93. The van der Waals surface area contributed by atoms with Crippen LogP contribution < -0.4 is 16.0 Å². The fourth-order valence-electron chi connectivity index (χ4n) is 2.93. The van der Waals surface area contributed by atoms with Crippen LogP contribution in [0.3, 0.4) is 0 Å².